The number of guanidine groups is 1. The van der Waals surface area contributed by atoms with E-state index in [1.807, 2.05) is 32.3 Å². The first-order valence-corrected chi connectivity index (χ1v) is 7.48. The average molecular weight is 437 g/mol. The lowest BCUT2D eigenvalue weighted by atomic mass is 10.1. The number of rotatable bonds is 6. The van der Waals surface area contributed by atoms with Crippen LogP contribution in [-0.4, -0.2) is 52.3 Å². The third kappa shape index (κ3) is 8.72. The molecule has 0 atom stereocenters. The van der Waals surface area contributed by atoms with E-state index in [9.17, 15) is 4.79 Å². The molecule has 1 heterocycles. The monoisotopic (exact) mass is 437 g/mol. The second-order valence-corrected chi connectivity index (χ2v) is 5.94. The summed E-state index contributed by atoms with van der Waals surface area (Å²) < 4.78 is 1.99. The normalized spacial score (nSPS) is 11.6. The van der Waals surface area contributed by atoms with Crippen molar-refractivity contribution in [3.05, 3.63) is 12.2 Å². The van der Waals surface area contributed by atoms with Crippen LogP contribution in [-0.2, 0) is 17.8 Å². The number of hydrogen-bond acceptors (Lipinski definition) is 4. The molecule has 1 rings (SSSR count). The third-order valence-corrected chi connectivity index (χ3v) is 2.81. The Morgan fingerprint density at radius 2 is 2.04 bits per heavy atom. The Labute approximate surface area is 154 Å². The molecule has 0 unspecified atom stereocenters. The molecule has 0 bridgehead atoms. The molecule has 8 nitrogen and oxygen atoms in total. The number of carbonyl (C=O) groups excluding carboxylic acids is 1. The fourth-order valence-electron chi connectivity index (χ4n) is 1.88. The number of aryl methyl sites for hydroxylation is 1. The number of halogens is 1. The van der Waals surface area contributed by atoms with Gasteiger partial charge < -0.3 is 20.5 Å². The van der Waals surface area contributed by atoms with Crippen molar-refractivity contribution in [3.63, 3.8) is 0 Å². The van der Waals surface area contributed by atoms with Crippen LogP contribution in [0.4, 0.5) is 0 Å². The first kappa shape index (κ1) is 21.6. The van der Waals surface area contributed by atoms with Crippen LogP contribution in [0.5, 0.6) is 0 Å². The van der Waals surface area contributed by atoms with Gasteiger partial charge in [-0.3, -0.25) is 9.79 Å². The molecule has 132 valence electrons. The van der Waals surface area contributed by atoms with Gasteiger partial charge in [-0.2, -0.15) is 0 Å². The first-order valence-electron chi connectivity index (χ1n) is 7.48. The lowest BCUT2D eigenvalue weighted by Crippen LogP contribution is -2.48. The van der Waals surface area contributed by atoms with Crippen LogP contribution in [0.2, 0.25) is 0 Å². The molecule has 1 aromatic rings. The zero-order valence-electron chi connectivity index (χ0n) is 14.5. The fraction of sp³-hybridized carbons (Fsp3) is 0.714. The Balaban J connectivity index is 0.00000484. The van der Waals surface area contributed by atoms with Crippen LogP contribution in [0.15, 0.2) is 11.3 Å². The summed E-state index contributed by atoms with van der Waals surface area (Å²) in [7, 11) is 1.67. The minimum absolute atomic E-state index is 0. The van der Waals surface area contributed by atoms with Crippen LogP contribution in [0.3, 0.4) is 0 Å². The Bertz CT molecular complexity index is 507. The molecule has 0 aromatic carbocycles. The predicted molar refractivity (Wildman–Crippen MR) is 102 cm³/mol. The Morgan fingerprint density at radius 1 is 1.35 bits per heavy atom. The van der Waals surface area contributed by atoms with E-state index in [4.69, 9.17) is 0 Å². The number of aromatic nitrogens is 3. The second-order valence-electron chi connectivity index (χ2n) is 5.94. The minimum atomic E-state index is -0.235. The van der Waals surface area contributed by atoms with Crippen molar-refractivity contribution in [3.8, 4) is 0 Å². The van der Waals surface area contributed by atoms with Gasteiger partial charge in [0.15, 0.2) is 5.96 Å². The molecule has 0 radical (unpaired) electrons. The summed E-state index contributed by atoms with van der Waals surface area (Å²) >= 11 is 0. The summed E-state index contributed by atoms with van der Waals surface area (Å²) in [5, 5.41) is 17.0. The van der Waals surface area contributed by atoms with E-state index in [0.717, 1.165) is 18.8 Å². The van der Waals surface area contributed by atoms with Gasteiger partial charge in [0.25, 0.3) is 0 Å². The predicted octanol–water partition coefficient (Wildman–Crippen LogP) is 0.538. The Kier molecular flexibility index (Phi) is 9.77. The van der Waals surface area contributed by atoms with Gasteiger partial charge in [0, 0.05) is 32.1 Å². The van der Waals surface area contributed by atoms with Crippen molar-refractivity contribution >= 4 is 35.8 Å². The first-order chi connectivity index (χ1) is 10.4. The maximum Gasteiger partial charge on any atom is 0.239 e. The molecule has 0 aliphatic heterocycles. The molecule has 0 aliphatic carbocycles. The smallest absolute Gasteiger partial charge is 0.239 e. The van der Waals surface area contributed by atoms with E-state index in [-0.39, 0.29) is 42.0 Å². The van der Waals surface area contributed by atoms with E-state index in [1.54, 1.807) is 13.4 Å². The number of aliphatic imine (C=N–C) groups is 1. The molecule has 0 spiro atoms. The van der Waals surface area contributed by atoms with Crippen molar-refractivity contribution in [2.24, 2.45) is 4.99 Å². The molecule has 3 N–H and O–H groups in total. The summed E-state index contributed by atoms with van der Waals surface area (Å²) in [6, 6.07) is 0. The number of nitrogens with zero attached hydrogens (tertiary/aromatic N) is 4. The van der Waals surface area contributed by atoms with Crippen LogP contribution in [0, 0.1) is 0 Å². The topological polar surface area (TPSA) is 96.2 Å². The van der Waals surface area contributed by atoms with Gasteiger partial charge in [-0.25, -0.2) is 0 Å². The molecule has 0 saturated carbocycles. The number of amides is 1. The highest BCUT2D eigenvalue weighted by molar-refractivity contribution is 14.0. The number of nitrogens with one attached hydrogen (secondary N) is 3. The largest absolute Gasteiger partial charge is 0.355 e. The highest BCUT2D eigenvalue weighted by Crippen LogP contribution is 1.97. The van der Waals surface area contributed by atoms with Crippen LogP contribution >= 0.6 is 24.0 Å². The van der Waals surface area contributed by atoms with Gasteiger partial charge in [-0.15, -0.1) is 34.2 Å². The highest BCUT2D eigenvalue weighted by Gasteiger charge is 2.13. The quantitative estimate of drug-likeness (QED) is 0.343. The summed E-state index contributed by atoms with van der Waals surface area (Å²) in [5.41, 5.74) is -0.235. The zero-order valence-corrected chi connectivity index (χ0v) is 16.8. The molecule has 9 heteroatoms. The van der Waals surface area contributed by atoms with Crippen molar-refractivity contribution in [2.45, 2.75) is 46.2 Å². The van der Waals surface area contributed by atoms with Gasteiger partial charge in [0.2, 0.25) is 5.91 Å². The van der Waals surface area contributed by atoms with E-state index < -0.39 is 0 Å². The van der Waals surface area contributed by atoms with Crippen molar-refractivity contribution in [2.75, 3.05) is 20.1 Å². The number of hydrogen-bond donors (Lipinski definition) is 3. The van der Waals surface area contributed by atoms with Crippen LogP contribution in [0.1, 0.15) is 33.5 Å². The molecule has 23 heavy (non-hydrogen) atoms. The molecule has 0 fully saturated rings. The number of carbonyl (C=O) groups is 1. The molecular weight excluding hydrogens is 409 g/mol. The van der Waals surface area contributed by atoms with E-state index in [2.05, 4.69) is 31.1 Å². The van der Waals surface area contributed by atoms with Crippen LogP contribution < -0.4 is 16.0 Å². The van der Waals surface area contributed by atoms with Gasteiger partial charge in [-0.05, 0) is 20.8 Å². The highest BCUT2D eigenvalue weighted by atomic mass is 127. The van der Waals surface area contributed by atoms with E-state index >= 15 is 0 Å². The standard InChI is InChI=1S/C14H27N7O.HI/c1-6-11-20-18-10-21(11)8-7-16-13(15-5)17-9-12(22)19-14(2,3)4;/h10H,6-9H2,1-5H3,(H,19,22)(H2,15,16,17);1H. The molecule has 1 aromatic heterocycles. The Hall–Kier alpha value is -1.39. The second kappa shape index (κ2) is 10.4. The van der Waals surface area contributed by atoms with Crippen molar-refractivity contribution in [1.82, 2.24) is 30.7 Å². The summed E-state index contributed by atoms with van der Waals surface area (Å²) in [6.07, 6.45) is 2.56. The molecule has 1 amide bonds. The maximum atomic E-state index is 11.7. The van der Waals surface area contributed by atoms with Gasteiger partial charge >= 0.3 is 0 Å². The lowest BCUT2D eigenvalue weighted by Gasteiger charge is -2.21. The summed E-state index contributed by atoms with van der Waals surface area (Å²) in [5.74, 6) is 1.48. The van der Waals surface area contributed by atoms with Gasteiger partial charge in [-0.1, -0.05) is 6.92 Å². The molecule has 0 saturated heterocycles. The van der Waals surface area contributed by atoms with Crippen molar-refractivity contribution < 1.29 is 4.79 Å². The molecule has 0 aliphatic rings. The van der Waals surface area contributed by atoms with Crippen LogP contribution in [0.25, 0.3) is 0 Å². The summed E-state index contributed by atoms with van der Waals surface area (Å²) in [4.78, 5) is 15.8. The third-order valence-electron chi connectivity index (χ3n) is 2.81. The zero-order chi connectivity index (χ0) is 16.6. The lowest BCUT2D eigenvalue weighted by molar-refractivity contribution is -0.121. The van der Waals surface area contributed by atoms with Gasteiger partial charge in [0.05, 0.1) is 6.54 Å². The maximum absolute atomic E-state index is 11.7. The summed E-state index contributed by atoms with van der Waals surface area (Å²) in [6.45, 7) is 9.48. The van der Waals surface area contributed by atoms with E-state index in [0.29, 0.717) is 12.5 Å². The minimum Gasteiger partial charge on any atom is -0.355 e. The Morgan fingerprint density at radius 3 is 2.61 bits per heavy atom. The van der Waals surface area contributed by atoms with Crippen molar-refractivity contribution in [1.29, 1.82) is 0 Å². The van der Waals surface area contributed by atoms with Gasteiger partial charge in [0.1, 0.15) is 12.2 Å². The SMILES string of the molecule is CCc1nncn1CCNC(=NC)NCC(=O)NC(C)(C)C.I. The molecular formula is C14H28IN7O. The average Bonchev–Trinajstić information content (AvgIpc) is 2.88. The van der Waals surface area contributed by atoms with E-state index in [1.165, 1.54) is 0 Å². The fourth-order valence-corrected chi connectivity index (χ4v) is 1.88.